The molecule has 3 nitrogen and oxygen atoms in total. The maximum Gasteiger partial charge on any atom is 0.133 e. The lowest BCUT2D eigenvalue weighted by Gasteiger charge is -2.09. The first kappa shape index (κ1) is 16.8. The van der Waals surface area contributed by atoms with Crippen molar-refractivity contribution in [3.8, 4) is 5.75 Å². The Morgan fingerprint density at radius 3 is 2.74 bits per heavy atom. The van der Waals surface area contributed by atoms with Crippen LogP contribution in [0.15, 0.2) is 22.7 Å². The molecule has 1 aromatic rings. The lowest BCUT2D eigenvalue weighted by atomic mass is 10.3. The van der Waals surface area contributed by atoms with E-state index in [0.29, 0.717) is 11.6 Å². The van der Waals surface area contributed by atoms with Crippen molar-refractivity contribution in [2.75, 3.05) is 32.9 Å². The van der Waals surface area contributed by atoms with Crippen molar-refractivity contribution in [3.05, 3.63) is 27.7 Å². The van der Waals surface area contributed by atoms with Gasteiger partial charge >= 0.3 is 0 Å². The zero-order chi connectivity index (χ0) is 13.9. The highest BCUT2D eigenvalue weighted by Crippen LogP contribution is 2.27. The summed E-state index contributed by atoms with van der Waals surface area (Å²) in [5.41, 5.74) is 0. The van der Waals surface area contributed by atoms with Crippen molar-refractivity contribution < 1.29 is 9.47 Å². The molecular formula is C14H21BrClNO2. The average Bonchev–Trinajstić information content (AvgIpc) is 2.39. The van der Waals surface area contributed by atoms with E-state index < -0.39 is 0 Å². The molecular weight excluding hydrogens is 330 g/mol. The minimum Gasteiger partial charge on any atom is -0.491 e. The molecule has 0 aliphatic heterocycles. The van der Waals surface area contributed by atoms with Crippen molar-refractivity contribution in [1.29, 1.82) is 0 Å². The Hall–Kier alpha value is -0.290. The summed E-state index contributed by atoms with van der Waals surface area (Å²) < 4.78 is 12.0. The van der Waals surface area contributed by atoms with E-state index in [1.165, 1.54) is 6.42 Å². The van der Waals surface area contributed by atoms with Gasteiger partial charge in [-0.1, -0.05) is 24.9 Å². The monoisotopic (exact) mass is 349 g/mol. The lowest BCUT2D eigenvalue weighted by Crippen LogP contribution is -2.25. The second-order valence-corrected chi connectivity index (χ2v) is 5.43. The fraction of sp³-hybridized carbons (Fsp3) is 0.571. The summed E-state index contributed by atoms with van der Waals surface area (Å²) in [6.07, 6.45) is 2.31. The predicted octanol–water partition coefficient (Wildman–Crippen LogP) is 3.89. The van der Waals surface area contributed by atoms with E-state index >= 15 is 0 Å². The fourth-order valence-corrected chi connectivity index (χ4v) is 2.24. The number of halogens is 2. The van der Waals surface area contributed by atoms with Gasteiger partial charge in [0.2, 0.25) is 0 Å². The van der Waals surface area contributed by atoms with E-state index in [1.807, 2.05) is 18.2 Å². The van der Waals surface area contributed by atoms with E-state index in [4.69, 9.17) is 21.1 Å². The summed E-state index contributed by atoms with van der Waals surface area (Å²) in [5.74, 6) is 0.811. The third-order valence-electron chi connectivity index (χ3n) is 2.50. The van der Waals surface area contributed by atoms with Crippen LogP contribution in [0.4, 0.5) is 0 Å². The van der Waals surface area contributed by atoms with Crippen molar-refractivity contribution >= 4 is 27.5 Å². The smallest absolute Gasteiger partial charge is 0.133 e. The van der Waals surface area contributed by atoms with Crippen LogP contribution in [-0.4, -0.2) is 32.9 Å². The zero-order valence-corrected chi connectivity index (χ0v) is 13.6. The molecule has 5 heteroatoms. The van der Waals surface area contributed by atoms with Crippen LogP contribution in [0.3, 0.4) is 0 Å². The Kier molecular flexibility index (Phi) is 9.26. The molecule has 0 fully saturated rings. The molecule has 1 aromatic carbocycles. The number of nitrogens with one attached hydrogen (secondary N) is 1. The summed E-state index contributed by atoms with van der Waals surface area (Å²) >= 11 is 9.28. The second kappa shape index (κ2) is 10.5. The lowest BCUT2D eigenvalue weighted by molar-refractivity contribution is 0.132. The van der Waals surface area contributed by atoms with E-state index in [0.717, 1.165) is 42.9 Å². The van der Waals surface area contributed by atoms with Crippen molar-refractivity contribution in [3.63, 3.8) is 0 Å². The first-order valence-corrected chi connectivity index (χ1v) is 7.77. The molecule has 108 valence electrons. The van der Waals surface area contributed by atoms with E-state index in [-0.39, 0.29) is 0 Å². The van der Waals surface area contributed by atoms with Crippen molar-refractivity contribution in [1.82, 2.24) is 5.32 Å². The molecule has 0 atom stereocenters. The minimum absolute atomic E-state index is 0.620. The highest BCUT2D eigenvalue weighted by molar-refractivity contribution is 9.10. The topological polar surface area (TPSA) is 30.5 Å². The second-order valence-electron chi connectivity index (χ2n) is 4.14. The van der Waals surface area contributed by atoms with E-state index in [9.17, 15) is 0 Å². The van der Waals surface area contributed by atoms with Crippen molar-refractivity contribution in [2.45, 2.75) is 19.8 Å². The molecule has 0 amide bonds. The molecule has 0 aromatic heterocycles. The predicted molar refractivity (Wildman–Crippen MR) is 83.2 cm³/mol. The van der Waals surface area contributed by atoms with Gasteiger partial charge in [0.25, 0.3) is 0 Å². The number of unbranched alkanes of at least 4 members (excludes halogenated alkanes) is 1. The summed E-state index contributed by atoms with van der Waals surface area (Å²) in [4.78, 5) is 0. The summed E-state index contributed by atoms with van der Waals surface area (Å²) in [5, 5.41) is 3.97. The molecule has 1 N–H and O–H groups in total. The summed E-state index contributed by atoms with van der Waals surface area (Å²) in [6.45, 7) is 6.04. The Bertz CT molecular complexity index is 363. The highest BCUT2D eigenvalue weighted by Gasteiger charge is 2.01. The van der Waals surface area contributed by atoms with Gasteiger partial charge in [0, 0.05) is 24.7 Å². The first-order chi connectivity index (χ1) is 9.24. The third kappa shape index (κ3) is 7.78. The first-order valence-electron chi connectivity index (χ1n) is 6.60. The summed E-state index contributed by atoms with van der Waals surface area (Å²) in [6, 6.07) is 5.50. The Morgan fingerprint density at radius 1 is 1.21 bits per heavy atom. The van der Waals surface area contributed by atoms with Gasteiger partial charge in [-0.2, -0.15) is 0 Å². The molecule has 0 radical (unpaired) electrons. The molecule has 1 rings (SSSR count). The van der Waals surface area contributed by atoms with Crippen LogP contribution >= 0.6 is 27.5 Å². The van der Waals surface area contributed by atoms with Crippen LogP contribution in [-0.2, 0) is 4.74 Å². The number of hydrogen-bond donors (Lipinski definition) is 1. The van der Waals surface area contributed by atoms with Gasteiger partial charge in [0.15, 0.2) is 0 Å². The van der Waals surface area contributed by atoms with Crippen LogP contribution < -0.4 is 10.1 Å². The molecule has 0 saturated heterocycles. The maximum atomic E-state index is 5.86. The van der Waals surface area contributed by atoms with Crippen LogP contribution in [0, 0.1) is 0 Å². The largest absolute Gasteiger partial charge is 0.491 e. The van der Waals surface area contributed by atoms with Crippen LogP contribution in [0.2, 0.25) is 5.02 Å². The van der Waals surface area contributed by atoms with Gasteiger partial charge in [-0.15, -0.1) is 0 Å². The maximum absolute atomic E-state index is 5.86. The highest BCUT2D eigenvalue weighted by atomic mass is 79.9. The van der Waals surface area contributed by atoms with Gasteiger partial charge in [0.05, 0.1) is 11.1 Å². The normalized spacial score (nSPS) is 10.7. The van der Waals surface area contributed by atoms with Crippen LogP contribution in [0.1, 0.15) is 19.8 Å². The molecule has 0 bridgehead atoms. The van der Waals surface area contributed by atoms with Crippen molar-refractivity contribution in [2.24, 2.45) is 0 Å². The van der Waals surface area contributed by atoms with Crippen LogP contribution in [0.25, 0.3) is 0 Å². The van der Waals surface area contributed by atoms with E-state index in [2.05, 4.69) is 28.2 Å². The Morgan fingerprint density at radius 2 is 2.00 bits per heavy atom. The Labute approximate surface area is 128 Å². The van der Waals surface area contributed by atoms with E-state index in [1.54, 1.807) is 0 Å². The van der Waals surface area contributed by atoms with Gasteiger partial charge in [-0.25, -0.2) is 0 Å². The van der Waals surface area contributed by atoms with Crippen LogP contribution in [0.5, 0.6) is 5.75 Å². The third-order valence-corrected chi connectivity index (χ3v) is 3.35. The van der Waals surface area contributed by atoms with Gasteiger partial charge in [-0.3, -0.25) is 0 Å². The van der Waals surface area contributed by atoms with Gasteiger partial charge < -0.3 is 14.8 Å². The quantitative estimate of drug-likeness (QED) is 0.649. The SMILES string of the molecule is CCCCOCCNCCOc1ccc(Cl)cc1Br. The molecule has 0 aliphatic carbocycles. The number of benzene rings is 1. The van der Waals surface area contributed by atoms with Gasteiger partial charge in [-0.05, 0) is 40.5 Å². The molecule has 19 heavy (non-hydrogen) atoms. The number of ether oxygens (including phenoxy) is 2. The molecule has 0 spiro atoms. The average molecular weight is 351 g/mol. The minimum atomic E-state index is 0.620. The molecule has 0 heterocycles. The number of rotatable bonds is 10. The standard InChI is InChI=1S/C14H21BrClNO2/c1-2-3-8-18-9-6-17-7-10-19-14-5-4-12(16)11-13(14)15/h4-5,11,17H,2-3,6-10H2,1H3. The Balaban J connectivity index is 2.01. The summed E-state index contributed by atoms with van der Waals surface area (Å²) in [7, 11) is 0. The molecule has 0 aliphatic rings. The fourth-order valence-electron chi connectivity index (χ4n) is 1.44. The molecule has 0 unspecified atom stereocenters. The molecule has 0 saturated carbocycles. The number of hydrogen-bond acceptors (Lipinski definition) is 3. The zero-order valence-electron chi connectivity index (χ0n) is 11.3. The van der Waals surface area contributed by atoms with Gasteiger partial charge in [0.1, 0.15) is 12.4 Å².